The first-order valence-corrected chi connectivity index (χ1v) is 10.1. The van der Waals surface area contributed by atoms with Crippen LogP contribution in [0.1, 0.15) is 51.5 Å². The second-order valence-corrected chi connectivity index (χ2v) is 9.15. The van der Waals surface area contributed by atoms with Crippen molar-refractivity contribution >= 4 is 5.91 Å². The summed E-state index contributed by atoms with van der Waals surface area (Å²) in [5.41, 5.74) is 1.37. The molecule has 4 nitrogen and oxygen atoms in total. The highest BCUT2D eigenvalue weighted by Crippen LogP contribution is 2.39. The highest BCUT2D eigenvalue weighted by Gasteiger charge is 2.44. The van der Waals surface area contributed by atoms with Gasteiger partial charge in [0.05, 0.1) is 5.41 Å². The van der Waals surface area contributed by atoms with E-state index >= 15 is 0 Å². The van der Waals surface area contributed by atoms with Crippen LogP contribution in [0.15, 0.2) is 30.3 Å². The first-order valence-electron chi connectivity index (χ1n) is 10.1. The zero-order chi connectivity index (χ0) is 18.8. The fourth-order valence-corrected chi connectivity index (χ4v) is 4.86. The topological polar surface area (TPSA) is 35.6 Å². The van der Waals surface area contributed by atoms with Crippen LogP contribution < -0.4 is 5.32 Å². The Balaban J connectivity index is 1.61. The maximum absolute atomic E-state index is 12.8. The Morgan fingerprint density at radius 3 is 2.46 bits per heavy atom. The number of nitrogens with zero attached hydrogens (tertiary/aromatic N) is 2. The third kappa shape index (κ3) is 4.12. The summed E-state index contributed by atoms with van der Waals surface area (Å²) < 4.78 is 0. The van der Waals surface area contributed by atoms with E-state index in [0.717, 1.165) is 38.9 Å². The SMILES string of the molecule is CN(C)C(=O)C1(CN[C@@H]2CN(Cc3ccccc3)C(C)(C)C2)CCCC1. The van der Waals surface area contributed by atoms with Crippen LogP contribution in [-0.4, -0.2) is 54.5 Å². The molecule has 1 aromatic carbocycles. The van der Waals surface area contributed by atoms with Crippen molar-refractivity contribution in [1.29, 1.82) is 0 Å². The second-order valence-electron chi connectivity index (χ2n) is 9.15. The minimum atomic E-state index is -0.180. The van der Waals surface area contributed by atoms with Gasteiger partial charge in [-0.3, -0.25) is 9.69 Å². The molecule has 3 rings (SSSR count). The van der Waals surface area contributed by atoms with Crippen LogP contribution in [0.25, 0.3) is 0 Å². The first-order chi connectivity index (χ1) is 12.3. The minimum absolute atomic E-state index is 0.180. The summed E-state index contributed by atoms with van der Waals surface area (Å²) in [5, 5.41) is 3.78. The molecule has 0 radical (unpaired) electrons. The third-order valence-corrected chi connectivity index (χ3v) is 6.41. The number of likely N-dealkylation sites (tertiary alicyclic amines) is 1. The van der Waals surface area contributed by atoms with E-state index in [2.05, 4.69) is 54.4 Å². The van der Waals surface area contributed by atoms with Crippen LogP contribution in [0.2, 0.25) is 0 Å². The fourth-order valence-electron chi connectivity index (χ4n) is 4.86. The summed E-state index contributed by atoms with van der Waals surface area (Å²) in [6, 6.07) is 11.2. The lowest BCUT2D eigenvalue weighted by molar-refractivity contribution is -0.139. The predicted molar refractivity (Wildman–Crippen MR) is 107 cm³/mol. The zero-order valence-electron chi connectivity index (χ0n) is 16.9. The zero-order valence-corrected chi connectivity index (χ0v) is 16.9. The highest BCUT2D eigenvalue weighted by atomic mass is 16.2. The summed E-state index contributed by atoms with van der Waals surface area (Å²) in [6.45, 7) is 7.55. The maximum atomic E-state index is 12.8. The van der Waals surface area contributed by atoms with Gasteiger partial charge in [-0.1, -0.05) is 43.2 Å². The van der Waals surface area contributed by atoms with Crippen LogP contribution in [0.3, 0.4) is 0 Å². The molecule has 1 saturated heterocycles. The fraction of sp³-hybridized carbons (Fsp3) is 0.682. The smallest absolute Gasteiger partial charge is 0.229 e. The lowest BCUT2D eigenvalue weighted by Crippen LogP contribution is -2.48. The molecule has 1 heterocycles. The van der Waals surface area contributed by atoms with Crippen molar-refractivity contribution in [2.45, 2.75) is 64.1 Å². The molecule has 26 heavy (non-hydrogen) atoms. The van der Waals surface area contributed by atoms with Crippen LogP contribution in [0.5, 0.6) is 0 Å². The Kier molecular flexibility index (Phi) is 5.73. The van der Waals surface area contributed by atoms with Crippen LogP contribution >= 0.6 is 0 Å². The molecule has 0 spiro atoms. The van der Waals surface area contributed by atoms with Crippen molar-refractivity contribution in [3.05, 3.63) is 35.9 Å². The largest absolute Gasteiger partial charge is 0.348 e. The number of benzene rings is 1. The normalized spacial score (nSPS) is 24.7. The molecule has 144 valence electrons. The van der Waals surface area contributed by atoms with Crippen LogP contribution in [-0.2, 0) is 11.3 Å². The Morgan fingerprint density at radius 2 is 1.85 bits per heavy atom. The number of rotatable bonds is 6. The van der Waals surface area contributed by atoms with E-state index in [1.165, 1.54) is 18.4 Å². The summed E-state index contributed by atoms with van der Waals surface area (Å²) in [6.07, 6.45) is 5.54. The highest BCUT2D eigenvalue weighted by molar-refractivity contribution is 5.82. The second kappa shape index (κ2) is 7.69. The quantitative estimate of drug-likeness (QED) is 0.849. The van der Waals surface area contributed by atoms with Crippen molar-refractivity contribution < 1.29 is 4.79 Å². The monoisotopic (exact) mass is 357 g/mol. The van der Waals surface area contributed by atoms with Crippen LogP contribution in [0.4, 0.5) is 0 Å². The maximum Gasteiger partial charge on any atom is 0.229 e. The molecule has 0 unspecified atom stereocenters. The van der Waals surface area contributed by atoms with Crippen molar-refractivity contribution in [3.8, 4) is 0 Å². The molecular formula is C22H35N3O. The summed E-state index contributed by atoms with van der Waals surface area (Å²) in [5.74, 6) is 0.306. The van der Waals surface area contributed by atoms with Gasteiger partial charge in [-0.15, -0.1) is 0 Å². The van der Waals surface area contributed by atoms with Crippen molar-refractivity contribution in [2.75, 3.05) is 27.2 Å². The van der Waals surface area contributed by atoms with Gasteiger partial charge in [0, 0.05) is 45.3 Å². The van der Waals surface area contributed by atoms with Crippen molar-refractivity contribution in [1.82, 2.24) is 15.1 Å². The van der Waals surface area contributed by atoms with Crippen LogP contribution in [0, 0.1) is 5.41 Å². The number of amides is 1. The van der Waals surface area contributed by atoms with E-state index in [9.17, 15) is 4.79 Å². The van der Waals surface area contributed by atoms with Gasteiger partial charge in [-0.05, 0) is 38.7 Å². The summed E-state index contributed by atoms with van der Waals surface area (Å²) in [7, 11) is 3.78. The lowest BCUT2D eigenvalue weighted by atomic mass is 9.84. The average Bonchev–Trinajstić information content (AvgIpc) is 3.19. The molecule has 4 heteroatoms. The molecule has 1 aliphatic heterocycles. The molecule has 2 fully saturated rings. The van der Waals surface area contributed by atoms with Gasteiger partial charge in [-0.2, -0.15) is 0 Å². The third-order valence-electron chi connectivity index (χ3n) is 6.41. The van der Waals surface area contributed by atoms with Gasteiger partial charge < -0.3 is 10.2 Å². The number of nitrogens with one attached hydrogen (secondary N) is 1. The molecule has 2 aliphatic rings. The van der Waals surface area contributed by atoms with E-state index < -0.39 is 0 Å². The molecule has 1 aromatic rings. The molecule has 0 bridgehead atoms. The minimum Gasteiger partial charge on any atom is -0.348 e. The Bertz CT molecular complexity index is 605. The number of hydrogen-bond donors (Lipinski definition) is 1. The standard InChI is InChI=1S/C22H35N3O/c1-21(2)14-19(16-25(21)15-18-10-6-5-7-11-18)23-17-22(12-8-9-13-22)20(26)24(3)4/h5-7,10-11,19,23H,8-9,12-17H2,1-4H3/t19-/m0/s1. The summed E-state index contributed by atoms with van der Waals surface area (Å²) >= 11 is 0. The molecule has 1 saturated carbocycles. The molecule has 1 atom stereocenters. The Hall–Kier alpha value is -1.39. The van der Waals surface area contributed by atoms with Gasteiger partial charge >= 0.3 is 0 Å². The number of carbonyl (C=O) groups is 1. The van der Waals surface area contributed by atoms with Gasteiger partial charge in [0.1, 0.15) is 0 Å². The Labute approximate surface area is 158 Å². The van der Waals surface area contributed by atoms with E-state index in [1.54, 1.807) is 4.90 Å². The predicted octanol–water partition coefficient (Wildman–Crippen LogP) is 3.28. The molecule has 0 aromatic heterocycles. The van der Waals surface area contributed by atoms with Gasteiger partial charge in [-0.25, -0.2) is 0 Å². The Morgan fingerprint density at radius 1 is 1.19 bits per heavy atom. The number of carbonyl (C=O) groups excluding carboxylic acids is 1. The molecular weight excluding hydrogens is 322 g/mol. The first kappa shape index (κ1) is 19.4. The lowest BCUT2D eigenvalue weighted by Gasteiger charge is -2.32. The average molecular weight is 358 g/mol. The van der Waals surface area contributed by atoms with E-state index in [1.807, 2.05) is 14.1 Å². The van der Waals surface area contributed by atoms with Gasteiger partial charge in [0.25, 0.3) is 0 Å². The van der Waals surface area contributed by atoms with E-state index in [4.69, 9.17) is 0 Å². The molecule has 1 amide bonds. The van der Waals surface area contributed by atoms with Gasteiger partial charge in [0.2, 0.25) is 5.91 Å². The van der Waals surface area contributed by atoms with E-state index in [-0.39, 0.29) is 11.0 Å². The van der Waals surface area contributed by atoms with Crippen molar-refractivity contribution in [3.63, 3.8) is 0 Å². The van der Waals surface area contributed by atoms with E-state index in [0.29, 0.717) is 11.9 Å². The van der Waals surface area contributed by atoms with Gasteiger partial charge in [0.15, 0.2) is 0 Å². The summed E-state index contributed by atoms with van der Waals surface area (Å²) in [4.78, 5) is 17.1. The van der Waals surface area contributed by atoms with Crippen molar-refractivity contribution in [2.24, 2.45) is 5.41 Å². The molecule has 1 aliphatic carbocycles. The molecule has 1 N–H and O–H groups in total. The number of hydrogen-bond acceptors (Lipinski definition) is 3.